The number of carbonyl (C=O) groups is 1. The molecule has 0 aliphatic carbocycles. The molecule has 0 saturated carbocycles. The average Bonchev–Trinajstić information content (AvgIpc) is 2.55. The number of nitrogens with one attached hydrogen (secondary N) is 1. The maximum atomic E-state index is 12.4. The molecule has 1 aromatic rings. The van der Waals surface area contributed by atoms with Gasteiger partial charge in [-0.25, -0.2) is 0 Å². The van der Waals surface area contributed by atoms with Crippen LogP contribution in [0.25, 0.3) is 0 Å². The highest BCUT2D eigenvalue weighted by molar-refractivity contribution is 5.78. The Morgan fingerprint density at radius 1 is 1.26 bits per heavy atom. The summed E-state index contributed by atoms with van der Waals surface area (Å²) in [7, 11) is 2.25. The van der Waals surface area contributed by atoms with Crippen molar-refractivity contribution in [3.8, 4) is 0 Å². The van der Waals surface area contributed by atoms with Crippen LogP contribution in [-0.4, -0.2) is 55.0 Å². The van der Waals surface area contributed by atoms with Gasteiger partial charge in [0.2, 0.25) is 5.91 Å². The fourth-order valence-corrected chi connectivity index (χ4v) is 4.19. The van der Waals surface area contributed by atoms with E-state index in [-0.39, 0.29) is 11.9 Å². The van der Waals surface area contributed by atoms with E-state index in [0.717, 1.165) is 30.6 Å². The Kier molecular flexibility index (Phi) is 5.34. The molecule has 23 heavy (non-hydrogen) atoms. The maximum Gasteiger partial charge on any atom is 0.234 e. The van der Waals surface area contributed by atoms with Crippen LogP contribution in [0, 0.1) is 5.92 Å². The summed E-state index contributed by atoms with van der Waals surface area (Å²) in [6.07, 6.45) is 3.80. The first-order valence-electron chi connectivity index (χ1n) is 8.90. The zero-order chi connectivity index (χ0) is 16.2. The minimum atomic E-state index is 0.0713. The van der Waals surface area contributed by atoms with Gasteiger partial charge >= 0.3 is 0 Å². The van der Waals surface area contributed by atoms with Crippen molar-refractivity contribution in [2.45, 2.75) is 38.3 Å². The minimum absolute atomic E-state index is 0.0713. The van der Waals surface area contributed by atoms with Gasteiger partial charge in [-0.15, -0.1) is 0 Å². The van der Waals surface area contributed by atoms with Crippen LogP contribution in [0.1, 0.15) is 37.8 Å². The first-order chi connectivity index (χ1) is 11.1. The van der Waals surface area contributed by atoms with Crippen molar-refractivity contribution in [3.63, 3.8) is 0 Å². The lowest BCUT2D eigenvalue weighted by Gasteiger charge is -2.45. The minimum Gasteiger partial charge on any atom is -0.348 e. The third-order valence-electron chi connectivity index (χ3n) is 5.47. The summed E-state index contributed by atoms with van der Waals surface area (Å²) < 4.78 is 0. The molecular formula is C19H29N3O. The van der Waals surface area contributed by atoms with Crippen LogP contribution in [0.4, 0.5) is 0 Å². The number of likely N-dealkylation sites (tertiary alicyclic amines) is 2. The molecular weight excluding hydrogens is 286 g/mol. The lowest BCUT2D eigenvalue weighted by Crippen LogP contribution is -2.54. The number of benzene rings is 1. The highest BCUT2D eigenvalue weighted by atomic mass is 16.2. The number of fused-ring (bicyclic) bond motifs is 1. The number of amides is 1. The lowest BCUT2D eigenvalue weighted by molar-refractivity contribution is -0.123. The van der Waals surface area contributed by atoms with Crippen molar-refractivity contribution in [2.75, 3.05) is 33.2 Å². The van der Waals surface area contributed by atoms with Crippen LogP contribution in [0.2, 0.25) is 0 Å². The summed E-state index contributed by atoms with van der Waals surface area (Å²) in [5.41, 5.74) is 1.16. The Morgan fingerprint density at radius 3 is 2.83 bits per heavy atom. The molecule has 0 bridgehead atoms. The van der Waals surface area contributed by atoms with Crippen molar-refractivity contribution in [1.29, 1.82) is 0 Å². The Balaban J connectivity index is 1.49. The SMILES string of the molecule is C[C@H](NC(=O)CN1CC[C@@H]2[C@H](CCCN2C)C1)c1ccccc1. The van der Waals surface area contributed by atoms with E-state index in [9.17, 15) is 4.79 Å². The third-order valence-corrected chi connectivity index (χ3v) is 5.47. The molecule has 3 atom stereocenters. The molecule has 2 fully saturated rings. The molecule has 2 aliphatic rings. The molecule has 2 heterocycles. The summed E-state index contributed by atoms with van der Waals surface area (Å²) in [5, 5.41) is 3.13. The second-order valence-electron chi connectivity index (χ2n) is 7.17. The number of rotatable bonds is 4. The van der Waals surface area contributed by atoms with Crippen LogP contribution in [-0.2, 0) is 4.79 Å². The van der Waals surface area contributed by atoms with E-state index in [1.165, 1.54) is 25.8 Å². The van der Waals surface area contributed by atoms with Gasteiger partial charge in [0.25, 0.3) is 0 Å². The molecule has 0 radical (unpaired) electrons. The van der Waals surface area contributed by atoms with E-state index in [0.29, 0.717) is 6.54 Å². The second-order valence-corrected chi connectivity index (χ2v) is 7.17. The van der Waals surface area contributed by atoms with Gasteiger partial charge in [0, 0.05) is 19.1 Å². The molecule has 4 nitrogen and oxygen atoms in total. The van der Waals surface area contributed by atoms with Gasteiger partial charge < -0.3 is 10.2 Å². The first-order valence-corrected chi connectivity index (χ1v) is 8.90. The molecule has 0 spiro atoms. The standard InChI is InChI=1S/C19H29N3O/c1-15(16-7-4-3-5-8-16)20-19(23)14-22-12-10-18-17(13-22)9-6-11-21(18)2/h3-5,7-8,15,17-18H,6,9-14H2,1-2H3,(H,20,23)/t15-,17+,18+/m0/s1. The van der Waals surface area contributed by atoms with Crippen LogP contribution < -0.4 is 5.32 Å². The summed E-state index contributed by atoms with van der Waals surface area (Å²) >= 11 is 0. The Hall–Kier alpha value is -1.39. The Bertz CT molecular complexity index is 519. The van der Waals surface area contributed by atoms with Crippen LogP contribution >= 0.6 is 0 Å². The molecule has 2 saturated heterocycles. The van der Waals surface area contributed by atoms with Crippen molar-refractivity contribution in [3.05, 3.63) is 35.9 Å². The van der Waals surface area contributed by atoms with Gasteiger partial charge in [-0.1, -0.05) is 30.3 Å². The highest BCUT2D eigenvalue weighted by Gasteiger charge is 2.34. The predicted molar refractivity (Wildman–Crippen MR) is 93.2 cm³/mol. The normalized spacial score (nSPS) is 27.2. The van der Waals surface area contributed by atoms with E-state index in [1.807, 2.05) is 18.2 Å². The fraction of sp³-hybridized carbons (Fsp3) is 0.632. The van der Waals surface area contributed by atoms with Gasteiger partial charge in [-0.3, -0.25) is 9.69 Å². The summed E-state index contributed by atoms with van der Waals surface area (Å²) in [6, 6.07) is 11.0. The topological polar surface area (TPSA) is 35.6 Å². The average molecular weight is 315 g/mol. The monoisotopic (exact) mass is 315 g/mol. The van der Waals surface area contributed by atoms with Gasteiger partial charge in [0.05, 0.1) is 12.6 Å². The van der Waals surface area contributed by atoms with Crippen LogP contribution in [0.5, 0.6) is 0 Å². The molecule has 1 N–H and O–H groups in total. The number of carbonyl (C=O) groups excluding carboxylic acids is 1. The smallest absolute Gasteiger partial charge is 0.234 e. The zero-order valence-electron chi connectivity index (χ0n) is 14.4. The van der Waals surface area contributed by atoms with E-state index in [1.54, 1.807) is 0 Å². The van der Waals surface area contributed by atoms with Gasteiger partial charge in [0.15, 0.2) is 0 Å². The molecule has 3 rings (SSSR count). The molecule has 1 aromatic carbocycles. The number of hydrogen-bond acceptors (Lipinski definition) is 3. The molecule has 4 heteroatoms. The van der Waals surface area contributed by atoms with Crippen molar-refractivity contribution >= 4 is 5.91 Å². The van der Waals surface area contributed by atoms with E-state index >= 15 is 0 Å². The van der Waals surface area contributed by atoms with E-state index < -0.39 is 0 Å². The van der Waals surface area contributed by atoms with Crippen LogP contribution in [0.15, 0.2) is 30.3 Å². The van der Waals surface area contributed by atoms with E-state index in [2.05, 4.69) is 41.2 Å². The number of nitrogens with zero attached hydrogens (tertiary/aromatic N) is 2. The molecule has 126 valence electrons. The summed E-state index contributed by atoms with van der Waals surface area (Å²) in [6.45, 7) is 5.93. The zero-order valence-corrected chi connectivity index (χ0v) is 14.4. The van der Waals surface area contributed by atoms with Crippen LogP contribution in [0.3, 0.4) is 0 Å². The second kappa shape index (κ2) is 7.45. The highest BCUT2D eigenvalue weighted by Crippen LogP contribution is 2.29. The lowest BCUT2D eigenvalue weighted by atomic mass is 9.84. The van der Waals surface area contributed by atoms with E-state index in [4.69, 9.17) is 0 Å². The third kappa shape index (κ3) is 4.12. The molecule has 0 aromatic heterocycles. The molecule has 1 amide bonds. The van der Waals surface area contributed by atoms with Crippen molar-refractivity contribution in [1.82, 2.24) is 15.1 Å². The summed E-state index contributed by atoms with van der Waals surface area (Å²) in [5.74, 6) is 0.880. The van der Waals surface area contributed by atoms with Gasteiger partial charge in [-0.2, -0.15) is 0 Å². The van der Waals surface area contributed by atoms with Crippen molar-refractivity contribution < 1.29 is 4.79 Å². The largest absolute Gasteiger partial charge is 0.348 e. The number of hydrogen-bond donors (Lipinski definition) is 1. The first kappa shape index (κ1) is 16.5. The fourth-order valence-electron chi connectivity index (χ4n) is 4.19. The predicted octanol–water partition coefficient (Wildman–Crippen LogP) is 2.28. The van der Waals surface area contributed by atoms with Crippen molar-refractivity contribution in [2.24, 2.45) is 5.92 Å². The van der Waals surface area contributed by atoms with Gasteiger partial charge in [-0.05, 0) is 51.3 Å². The quantitative estimate of drug-likeness (QED) is 0.926. The van der Waals surface area contributed by atoms with Gasteiger partial charge in [0.1, 0.15) is 0 Å². The molecule has 2 aliphatic heterocycles. The summed E-state index contributed by atoms with van der Waals surface area (Å²) in [4.78, 5) is 17.2. The Labute approximate surface area is 139 Å². The molecule has 0 unspecified atom stereocenters. The Morgan fingerprint density at radius 2 is 2.04 bits per heavy atom. The number of piperidine rings is 2. The maximum absolute atomic E-state index is 12.4.